The van der Waals surface area contributed by atoms with E-state index in [-0.39, 0.29) is 5.69 Å². The van der Waals surface area contributed by atoms with Gasteiger partial charge in [0.05, 0.1) is 5.69 Å². The van der Waals surface area contributed by atoms with Gasteiger partial charge in [-0.2, -0.15) is 0 Å². The Balaban J connectivity index is 2.06. The molecule has 4 nitrogen and oxygen atoms in total. The van der Waals surface area contributed by atoms with Gasteiger partial charge in [-0.1, -0.05) is 12.1 Å². The minimum Gasteiger partial charge on any atom is -0.755 e. The van der Waals surface area contributed by atoms with Gasteiger partial charge >= 0.3 is 0 Å². The summed E-state index contributed by atoms with van der Waals surface area (Å²) in [5.41, 5.74) is 1.91. The SMILES string of the molecule is O=S([O-])Nc1cc(CCc2cccnc2)ccc1F. The number of nitrogens with zero attached hydrogens (tertiary/aromatic N) is 1. The van der Waals surface area contributed by atoms with E-state index in [1.54, 1.807) is 18.5 Å². The van der Waals surface area contributed by atoms with Gasteiger partial charge in [-0.15, -0.1) is 0 Å². The summed E-state index contributed by atoms with van der Waals surface area (Å²) in [5.74, 6) is -0.589. The van der Waals surface area contributed by atoms with Crippen LogP contribution in [0.15, 0.2) is 42.7 Å². The van der Waals surface area contributed by atoms with Crippen LogP contribution in [0, 0.1) is 5.82 Å². The zero-order valence-corrected chi connectivity index (χ0v) is 10.8. The largest absolute Gasteiger partial charge is 0.755 e. The fourth-order valence-electron chi connectivity index (χ4n) is 1.73. The molecule has 0 saturated heterocycles. The lowest BCUT2D eigenvalue weighted by Gasteiger charge is -2.11. The Bertz CT molecular complexity index is 578. The van der Waals surface area contributed by atoms with Crippen LogP contribution in [0.5, 0.6) is 0 Å². The first-order valence-electron chi connectivity index (χ1n) is 5.68. The van der Waals surface area contributed by atoms with E-state index in [4.69, 9.17) is 0 Å². The van der Waals surface area contributed by atoms with Crippen molar-refractivity contribution in [2.45, 2.75) is 12.8 Å². The molecule has 6 heteroatoms. The molecule has 0 aliphatic rings. The van der Waals surface area contributed by atoms with E-state index in [1.807, 2.05) is 16.9 Å². The van der Waals surface area contributed by atoms with E-state index < -0.39 is 17.1 Å². The van der Waals surface area contributed by atoms with Crippen molar-refractivity contribution >= 4 is 17.0 Å². The number of aromatic nitrogens is 1. The molecule has 0 radical (unpaired) electrons. The Morgan fingerprint density at radius 2 is 2.05 bits per heavy atom. The van der Waals surface area contributed by atoms with Crippen molar-refractivity contribution < 1.29 is 13.2 Å². The molecule has 0 fully saturated rings. The number of pyridine rings is 1. The molecule has 0 aliphatic heterocycles. The van der Waals surface area contributed by atoms with Crippen LogP contribution in [-0.2, 0) is 24.1 Å². The Kier molecular flexibility index (Phi) is 4.59. The minimum absolute atomic E-state index is 0.0305. The summed E-state index contributed by atoms with van der Waals surface area (Å²) in [5, 5.41) is 0. The van der Waals surface area contributed by atoms with E-state index in [0.29, 0.717) is 6.42 Å². The van der Waals surface area contributed by atoms with Crippen LogP contribution in [0.1, 0.15) is 11.1 Å². The highest BCUT2D eigenvalue weighted by atomic mass is 32.2. The van der Waals surface area contributed by atoms with Gasteiger partial charge in [-0.25, -0.2) is 4.39 Å². The molecular formula is C13H12FN2O2S-. The topological polar surface area (TPSA) is 65.0 Å². The number of nitrogens with one attached hydrogen (secondary N) is 1. The van der Waals surface area contributed by atoms with E-state index in [2.05, 4.69) is 4.98 Å². The van der Waals surface area contributed by atoms with Gasteiger partial charge in [-0.05, 0) is 42.2 Å². The standard InChI is InChI=1S/C13H13FN2O2S/c14-12-6-5-10(8-13(12)16-19(17)18)3-4-11-2-1-7-15-9-11/h1-2,5-9,16H,3-4H2,(H,17,18)/p-1. The third-order valence-electron chi connectivity index (χ3n) is 2.65. The molecular weight excluding hydrogens is 267 g/mol. The zero-order valence-electron chi connectivity index (χ0n) is 10.0. The average Bonchev–Trinajstić information content (AvgIpc) is 2.40. The van der Waals surface area contributed by atoms with Crippen LogP contribution in [0.3, 0.4) is 0 Å². The molecule has 19 heavy (non-hydrogen) atoms. The van der Waals surface area contributed by atoms with Crippen molar-refractivity contribution in [1.82, 2.24) is 4.98 Å². The van der Waals surface area contributed by atoms with Crippen LogP contribution >= 0.6 is 0 Å². The first kappa shape index (κ1) is 13.6. The third-order valence-corrected chi connectivity index (χ3v) is 3.04. The molecule has 0 bridgehead atoms. The number of anilines is 1. The number of rotatable bonds is 5. The molecule has 2 aromatic rings. The molecule has 1 aromatic heterocycles. The lowest BCUT2D eigenvalue weighted by atomic mass is 10.1. The second-order valence-electron chi connectivity index (χ2n) is 4.01. The molecule has 2 rings (SSSR count). The zero-order chi connectivity index (χ0) is 13.7. The summed E-state index contributed by atoms with van der Waals surface area (Å²) >= 11 is -2.53. The maximum atomic E-state index is 13.3. The van der Waals surface area contributed by atoms with Crippen LogP contribution in [0.25, 0.3) is 0 Å². The van der Waals surface area contributed by atoms with Gasteiger partial charge in [0, 0.05) is 23.7 Å². The van der Waals surface area contributed by atoms with E-state index in [1.165, 1.54) is 12.1 Å². The summed E-state index contributed by atoms with van der Waals surface area (Å²) < 4.78 is 36.4. The number of aryl methyl sites for hydroxylation is 2. The summed E-state index contributed by atoms with van der Waals surface area (Å²) in [4.78, 5) is 4.01. The van der Waals surface area contributed by atoms with Crippen molar-refractivity contribution in [3.8, 4) is 0 Å². The highest BCUT2D eigenvalue weighted by Crippen LogP contribution is 2.17. The minimum atomic E-state index is -2.53. The monoisotopic (exact) mass is 279 g/mol. The summed E-state index contributed by atoms with van der Waals surface area (Å²) in [6.07, 6.45) is 4.92. The van der Waals surface area contributed by atoms with Crippen LogP contribution in [-0.4, -0.2) is 13.7 Å². The molecule has 100 valence electrons. The molecule has 1 aromatic carbocycles. The van der Waals surface area contributed by atoms with Crippen LogP contribution in [0.2, 0.25) is 0 Å². The van der Waals surface area contributed by atoms with E-state index in [9.17, 15) is 13.2 Å². The fraction of sp³-hybridized carbons (Fsp3) is 0.154. The molecule has 0 spiro atoms. The first-order chi connectivity index (χ1) is 9.15. The van der Waals surface area contributed by atoms with Gasteiger partial charge in [-0.3, -0.25) is 9.19 Å². The Labute approximate surface area is 113 Å². The van der Waals surface area contributed by atoms with Gasteiger partial charge in [0.2, 0.25) is 0 Å². The van der Waals surface area contributed by atoms with Crippen LogP contribution < -0.4 is 4.72 Å². The van der Waals surface area contributed by atoms with Crippen molar-refractivity contribution in [1.29, 1.82) is 0 Å². The molecule has 1 heterocycles. The number of hydrogen-bond acceptors (Lipinski definition) is 3. The van der Waals surface area contributed by atoms with Gasteiger partial charge in [0.25, 0.3) is 0 Å². The smallest absolute Gasteiger partial charge is 0.147 e. The fourth-order valence-corrected chi connectivity index (χ4v) is 2.07. The summed E-state index contributed by atoms with van der Waals surface area (Å²) in [6, 6.07) is 8.22. The predicted molar refractivity (Wildman–Crippen MR) is 70.6 cm³/mol. The maximum Gasteiger partial charge on any atom is 0.147 e. The van der Waals surface area contributed by atoms with Gasteiger partial charge in [0.1, 0.15) is 5.82 Å². The quantitative estimate of drug-likeness (QED) is 0.853. The summed E-state index contributed by atoms with van der Waals surface area (Å²) in [7, 11) is 0. The molecule has 1 N–H and O–H groups in total. The average molecular weight is 279 g/mol. The van der Waals surface area contributed by atoms with E-state index >= 15 is 0 Å². The predicted octanol–water partition coefficient (Wildman–Crippen LogP) is 2.21. The Morgan fingerprint density at radius 1 is 1.26 bits per heavy atom. The lowest BCUT2D eigenvalue weighted by Crippen LogP contribution is -2.05. The molecule has 0 aliphatic carbocycles. The molecule has 0 amide bonds. The Hall–Kier alpha value is -1.79. The number of benzene rings is 1. The van der Waals surface area contributed by atoms with E-state index in [0.717, 1.165) is 17.5 Å². The normalized spacial score (nSPS) is 12.1. The number of hydrogen-bond donors (Lipinski definition) is 1. The number of halogens is 1. The van der Waals surface area contributed by atoms with Crippen molar-refractivity contribution in [3.05, 3.63) is 59.7 Å². The first-order valence-corrected chi connectivity index (χ1v) is 6.76. The van der Waals surface area contributed by atoms with Crippen molar-refractivity contribution in [2.75, 3.05) is 4.72 Å². The molecule has 0 saturated carbocycles. The molecule has 1 atom stereocenters. The third kappa shape index (κ3) is 4.11. The van der Waals surface area contributed by atoms with Crippen LogP contribution in [0.4, 0.5) is 10.1 Å². The molecule has 1 unspecified atom stereocenters. The lowest BCUT2D eigenvalue weighted by molar-refractivity contribution is 0.541. The van der Waals surface area contributed by atoms with Crippen molar-refractivity contribution in [3.63, 3.8) is 0 Å². The maximum absolute atomic E-state index is 13.3. The van der Waals surface area contributed by atoms with Gasteiger partial charge < -0.3 is 9.27 Å². The highest BCUT2D eigenvalue weighted by Gasteiger charge is 2.04. The van der Waals surface area contributed by atoms with Gasteiger partial charge in [0.15, 0.2) is 0 Å². The summed E-state index contributed by atoms with van der Waals surface area (Å²) in [6.45, 7) is 0. The van der Waals surface area contributed by atoms with Crippen molar-refractivity contribution in [2.24, 2.45) is 0 Å². The highest BCUT2D eigenvalue weighted by molar-refractivity contribution is 7.80. The Morgan fingerprint density at radius 3 is 2.74 bits per heavy atom. The second-order valence-corrected chi connectivity index (χ2v) is 4.69. The second kappa shape index (κ2) is 6.40.